The first-order valence-electron chi connectivity index (χ1n) is 10.1. The predicted octanol–water partition coefficient (Wildman–Crippen LogP) is 4.96. The van der Waals surface area contributed by atoms with Gasteiger partial charge in [-0.15, -0.1) is 0 Å². The number of carbonyl (C=O) groups is 2. The molecule has 1 aliphatic rings. The van der Waals surface area contributed by atoms with Crippen LogP contribution in [0.2, 0.25) is 0 Å². The Bertz CT molecular complexity index is 1200. The standard InChI is InChI=1S/C23H21FN4O3S/c1-4-18(29)27-20(14-8-12-17(31-3)13-9-14)25-21-23(27)32-22(26-28(21)19(30)5-2)15-6-10-16(24)11-7-15/h6-13H,4-5H2,1-3H3. The summed E-state index contributed by atoms with van der Waals surface area (Å²) < 4.78 is 20.2. The van der Waals surface area contributed by atoms with Crippen LogP contribution in [-0.2, 0) is 4.79 Å². The molecule has 7 nitrogen and oxygen atoms in total. The van der Waals surface area contributed by atoms with Crippen molar-refractivity contribution in [2.75, 3.05) is 12.1 Å². The number of amides is 1. The molecule has 2 heterocycles. The zero-order valence-corrected chi connectivity index (χ0v) is 18.6. The minimum absolute atomic E-state index is 0.165. The van der Waals surface area contributed by atoms with Gasteiger partial charge in [-0.3, -0.25) is 14.2 Å². The molecule has 1 aliphatic heterocycles. The molecule has 1 aromatic heterocycles. The number of ether oxygens (including phenoxy) is 1. The van der Waals surface area contributed by atoms with Crippen LogP contribution in [0.3, 0.4) is 0 Å². The van der Waals surface area contributed by atoms with Crippen LogP contribution in [0.1, 0.15) is 37.0 Å². The first-order valence-corrected chi connectivity index (χ1v) is 10.9. The molecule has 0 saturated carbocycles. The molecule has 32 heavy (non-hydrogen) atoms. The average Bonchev–Trinajstić information content (AvgIpc) is 3.22. The van der Waals surface area contributed by atoms with E-state index < -0.39 is 0 Å². The largest absolute Gasteiger partial charge is 0.497 e. The first-order chi connectivity index (χ1) is 15.5. The number of imidazole rings is 1. The Morgan fingerprint density at radius 3 is 2.19 bits per heavy atom. The van der Waals surface area contributed by atoms with E-state index in [0.717, 1.165) is 0 Å². The molecule has 0 radical (unpaired) electrons. The van der Waals surface area contributed by atoms with Crippen LogP contribution in [0.25, 0.3) is 11.4 Å². The average molecular weight is 453 g/mol. The molecule has 164 valence electrons. The molecule has 0 unspecified atom stereocenters. The van der Waals surface area contributed by atoms with Crippen molar-refractivity contribution in [2.24, 2.45) is 5.10 Å². The van der Waals surface area contributed by atoms with E-state index in [1.165, 1.54) is 33.5 Å². The van der Waals surface area contributed by atoms with Crippen LogP contribution < -0.4 is 9.75 Å². The number of anilines is 1. The second-order valence-electron chi connectivity index (χ2n) is 6.95. The topological polar surface area (TPSA) is 76.8 Å². The van der Waals surface area contributed by atoms with E-state index in [-0.39, 0.29) is 30.5 Å². The highest BCUT2D eigenvalue weighted by Gasteiger charge is 2.33. The van der Waals surface area contributed by atoms with Gasteiger partial charge in [0, 0.05) is 24.0 Å². The molecule has 0 N–H and O–H groups in total. The molecule has 0 bridgehead atoms. The summed E-state index contributed by atoms with van der Waals surface area (Å²) in [6, 6.07) is 13.0. The van der Waals surface area contributed by atoms with E-state index in [0.29, 0.717) is 38.6 Å². The van der Waals surface area contributed by atoms with Crippen molar-refractivity contribution in [3.05, 3.63) is 59.9 Å². The number of methoxy groups -OCH3 is 1. The third-order valence-electron chi connectivity index (χ3n) is 4.93. The van der Waals surface area contributed by atoms with Gasteiger partial charge in [-0.2, -0.15) is 10.1 Å². The molecule has 0 aliphatic carbocycles. The maximum atomic E-state index is 13.4. The van der Waals surface area contributed by atoms with Crippen molar-refractivity contribution >= 4 is 34.4 Å². The minimum atomic E-state index is -0.370. The number of fused-ring (bicyclic) bond motifs is 1. The van der Waals surface area contributed by atoms with Gasteiger partial charge >= 0.3 is 0 Å². The van der Waals surface area contributed by atoms with Crippen molar-refractivity contribution in [1.29, 1.82) is 0 Å². The Hall–Kier alpha value is -3.46. The maximum Gasteiger partial charge on any atom is 0.248 e. The van der Waals surface area contributed by atoms with E-state index in [9.17, 15) is 14.0 Å². The minimum Gasteiger partial charge on any atom is -0.497 e. The van der Waals surface area contributed by atoms with E-state index in [1.807, 2.05) is 12.1 Å². The number of thioether (sulfide) groups is 1. The van der Waals surface area contributed by atoms with E-state index in [2.05, 4.69) is 10.1 Å². The molecule has 0 fully saturated rings. The van der Waals surface area contributed by atoms with Crippen LogP contribution in [0.5, 0.6) is 5.75 Å². The molecule has 9 heteroatoms. The number of rotatable bonds is 5. The van der Waals surface area contributed by atoms with Crippen LogP contribution in [-0.4, -0.2) is 33.5 Å². The highest BCUT2D eigenvalue weighted by Crippen LogP contribution is 2.41. The first kappa shape index (κ1) is 21.8. The molecular formula is C23H21FN4O3S. The van der Waals surface area contributed by atoms with Gasteiger partial charge < -0.3 is 4.74 Å². The number of aromatic nitrogens is 2. The summed E-state index contributed by atoms with van der Waals surface area (Å²) in [6.07, 6.45) is 0.452. The molecule has 0 spiro atoms. The molecule has 0 saturated heterocycles. The van der Waals surface area contributed by atoms with Gasteiger partial charge in [-0.1, -0.05) is 13.8 Å². The van der Waals surface area contributed by atoms with Crippen LogP contribution >= 0.6 is 11.8 Å². The summed E-state index contributed by atoms with van der Waals surface area (Å²) in [4.78, 5) is 30.4. The monoisotopic (exact) mass is 452 g/mol. The highest BCUT2D eigenvalue weighted by atomic mass is 32.2. The maximum absolute atomic E-state index is 13.4. The third kappa shape index (κ3) is 3.91. The van der Waals surface area contributed by atoms with E-state index >= 15 is 0 Å². The van der Waals surface area contributed by atoms with Gasteiger partial charge in [0.1, 0.15) is 27.5 Å². The van der Waals surface area contributed by atoms with Crippen molar-refractivity contribution in [2.45, 2.75) is 31.7 Å². The summed E-state index contributed by atoms with van der Waals surface area (Å²) in [5, 5.41) is 6.70. The summed E-state index contributed by atoms with van der Waals surface area (Å²) in [7, 11) is 1.58. The number of carbonyl (C=O) groups excluding carboxylic acids is 2. The lowest BCUT2D eigenvalue weighted by Crippen LogP contribution is -2.29. The Kier molecular flexibility index (Phi) is 6.09. The third-order valence-corrected chi connectivity index (χ3v) is 6.00. The van der Waals surface area contributed by atoms with Crippen molar-refractivity contribution in [3.8, 4) is 17.1 Å². The van der Waals surface area contributed by atoms with Gasteiger partial charge in [0.2, 0.25) is 11.8 Å². The van der Waals surface area contributed by atoms with Gasteiger partial charge in [0.25, 0.3) is 0 Å². The second-order valence-corrected chi connectivity index (χ2v) is 7.93. The zero-order valence-electron chi connectivity index (χ0n) is 17.8. The van der Waals surface area contributed by atoms with Gasteiger partial charge in [0.15, 0.2) is 5.82 Å². The smallest absolute Gasteiger partial charge is 0.248 e. The van der Waals surface area contributed by atoms with E-state index in [1.54, 1.807) is 45.2 Å². The molecule has 1 amide bonds. The fourth-order valence-corrected chi connectivity index (χ4v) is 4.29. The summed E-state index contributed by atoms with van der Waals surface area (Å²) in [6.45, 7) is 3.50. The lowest BCUT2D eigenvalue weighted by Gasteiger charge is -2.22. The Morgan fingerprint density at radius 1 is 0.969 bits per heavy atom. The lowest BCUT2D eigenvalue weighted by molar-refractivity contribution is -0.118. The molecule has 4 rings (SSSR count). The summed E-state index contributed by atoms with van der Waals surface area (Å²) in [5.41, 5.74) is 1.34. The van der Waals surface area contributed by atoms with Gasteiger partial charge in [0.05, 0.1) is 7.11 Å². The number of nitrogens with zero attached hydrogens (tertiary/aromatic N) is 4. The predicted molar refractivity (Wildman–Crippen MR) is 122 cm³/mol. The molecule has 0 atom stereocenters. The Labute approximate surface area is 188 Å². The lowest BCUT2D eigenvalue weighted by atomic mass is 10.2. The quantitative estimate of drug-likeness (QED) is 0.547. The van der Waals surface area contributed by atoms with Gasteiger partial charge in [-0.05, 0) is 60.3 Å². The van der Waals surface area contributed by atoms with Crippen molar-refractivity contribution in [1.82, 2.24) is 9.55 Å². The van der Waals surface area contributed by atoms with E-state index in [4.69, 9.17) is 4.74 Å². The fourth-order valence-electron chi connectivity index (χ4n) is 3.23. The van der Waals surface area contributed by atoms with Crippen LogP contribution in [0, 0.1) is 5.82 Å². The number of hydrogen-bond donors (Lipinski definition) is 0. The van der Waals surface area contributed by atoms with Crippen LogP contribution in [0.15, 0.2) is 58.7 Å². The Morgan fingerprint density at radius 2 is 1.59 bits per heavy atom. The fraction of sp³-hybridized carbons (Fsp3) is 0.217. The summed E-state index contributed by atoms with van der Waals surface area (Å²) >= 11 is 1.23. The highest BCUT2D eigenvalue weighted by molar-refractivity contribution is 8.14. The van der Waals surface area contributed by atoms with Crippen LogP contribution in [0.4, 0.5) is 10.2 Å². The second kappa shape index (κ2) is 8.96. The number of benzene rings is 2. The molecule has 2 aromatic carbocycles. The number of halogens is 1. The Balaban J connectivity index is 1.89. The zero-order chi connectivity index (χ0) is 22.8. The summed E-state index contributed by atoms with van der Waals surface area (Å²) in [5.74, 6) is 0.604. The molecule has 3 aromatic rings. The SMILES string of the molecule is CCC(=O)N1N=C(c2ccc(F)cc2)Sc2c1nc(-c1ccc(OC)cc1)n2C(=O)CC. The molecular weight excluding hydrogens is 431 g/mol. The normalized spacial score (nSPS) is 12.9. The number of hydrazone groups is 1. The van der Waals surface area contributed by atoms with Crippen molar-refractivity contribution < 1.29 is 18.7 Å². The van der Waals surface area contributed by atoms with Gasteiger partial charge in [-0.25, -0.2) is 9.37 Å². The number of hydrogen-bond acceptors (Lipinski definition) is 6. The van der Waals surface area contributed by atoms with Crippen molar-refractivity contribution in [3.63, 3.8) is 0 Å².